The van der Waals surface area contributed by atoms with E-state index < -0.39 is 0 Å². The van der Waals surface area contributed by atoms with Crippen LogP contribution in [0.25, 0.3) is 5.69 Å². The number of amides is 1. The topological polar surface area (TPSA) is 46.9 Å². The molecule has 1 amide bonds. The first-order valence-corrected chi connectivity index (χ1v) is 8.86. The molecular weight excluding hydrogens is 329 g/mol. The van der Waals surface area contributed by atoms with Gasteiger partial charge in [-0.2, -0.15) is 5.10 Å². The standard InChI is InChI=1S/C21H20FN3O/c1-14(15-10-12-16(22)13-11-15)23-21(26)20-18-8-5-9-19(18)25(24-20)17-6-3-2-4-7-17/h2-4,6-7,10-14H,5,8-9H2,1H3,(H,23,26)/t14-/m1/s1. The average molecular weight is 349 g/mol. The SMILES string of the molecule is C[C@@H](NC(=O)c1nn(-c2ccccc2)c2c1CCC2)c1ccc(F)cc1. The molecule has 1 aromatic heterocycles. The van der Waals surface area contributed by atoms with Crippen molar-refractivity contribution in [3.05, 3.63) is 82.9 Å². The van der Waals surface area contributed by atoms with Crippen molar-refractivity contribution < 1.29 is 9.18 Å². The van der Waals surface area contributed by atoms with Crippen LogP contribution < -0.4 is 5.32 Å². The second-order valence-electron chi connectivity index (χ2n) is 6.62. The van der Waals surface area contributed by atoms with Crippen LogP contribution in [0.2, 0.25) is 0 Å². The lowest BCUT2D eigenvalue weighted by Crippen LogP contribution is -2.28. The number of nitrogens with one attached hydrogen (secondary N) is 1. The van der Waals surface area contributed by atoms with E-state index in [1.807, 2.05) is 41.9 Å². The van der Waals surface area contributed by atoms with Crippen LogP contribution >= 0.6 is 0 Å². The normalized spacial score (nSPS) is 14.1. The lowest BCUT2D eigenvalue weighted by Gasteiger charge is -2.14. The Balaban J connectivity index is 1.61. The maximum Gasteiger partial charge on any atom is 0.272 e. The smallest absolute Gasteiger partial charge is 0.272 e. The van der Waals surface area contributed by atoms with Crippen LogP contribution in [0.3, 0.4) is 0 Å². The molecule has 4 rings (SSSR count). The number of aromatic nitrogens is 2. The minimum atomic E-state index is -0.285. The van der Waals surface area contributed by atoms with Gasteiger partial charge in [0.15, 0.2) is 5.69 Å². The summed E-state index contributed by atoms with van der Waals surface area (Å²) in [6, 6.07) is 15.8. The number of fused-ring (bicyclic) bond motifs is 1. The van der Waals surface area contributed by atoms with Crippen molar-refractivity contribution in [2.75, 3.05) is 0 Å². The van der Waals surface area contributed by atoms with E-state index in [2.05, 4.69) is 10.4 Å². The Labute approximate surface area is 151 Å². The summed E-state index contributed by atoms with van der Waals surface area (Å²) in [6.07, 6.45) is 2.84. The highest BCUT2D eigenvalue weighted by molar-refractivity contribution is 5.94. The quantitative estimate of drug-likeness (QED) is 0.774. The van der Waals surface area contributed by atoms with Gasteiger partial charge < -0.3 is 5.32 Å². The lowest BCUT2D eigenvalue weighted by atomic mass is 10.1. The second-order valence-corrected chi connectivity index (χ2v) is 6.62. The molecule has 0 spiro atoms. The van der Waals surface area contributed by atoms with E-state index in [0.717, 1.165) is 41.8 Å². The van der Waals surface area contributed by atoms with Gasteiger partial charge in [-0.25, -0.2) is 9.07 Å². The molecule has 0 fully saturated rings. The van der Waals surface area contributed by atoms with Crippen molar-refractivity contribution in [1.29, 1.82) is 0 Å². The number of halogens is 1. The molecule has 0 unspecified atom stereocenters. The fourth-order valence-corrected chi connectivity index (χ4v) is 3.50. The van der Waals surface area contributed by atoms with Gasteiger partial charge in [-0.3, -0.25) is 4.79 Å². The van der Waals surface area contributed by atoms with Crippen LogP contribution in [0.1, 0.15) is 46.7 Å². The molecule has 5 heteroatoms. The highest BCUT2D eigenvalue weighted by Gasteiger charge is 2.27. The zero-order valence-electron chi connectivity index (χ0n) is 14.6. The minimum Gasteiger partial charge on any atom is -0.344 e. The molecule has 1 heterocycles. The summed E-state index contributed by atoms with van der Waals surface area (Å²) in [5.74, 6) is -0.471. The van der Waals surface area contributed by atoms with Crippen LogP contribution in [0.4, 0.5) is 4.39 Å². The first kappa shape index (κ1) is 16.5. The van der Waals surface area contributed by atoms with Gasteiger partial charge in [-0.1, -0.05) is 30.3 Å². The number of para-hydroxylation sites is 1. The van der Waals surface area contributed by atoms with E-state index >= 15 is 0 Å². The molecule has 1 aliphatic carbocycles. The van der Waals surface area contributed by atoms with E-state index in [4.69, 9.17) is 0 Å². The van der Waals surface area contributed by atoms with Crippen molar-refractivity contribution in [2.45, 2.75) is 32.2 Å². The van der Waals surface area contributed by atoms with E-state index in [9.17, 15) is 9.18 Å². The molecule has 1 atom stereocenters. The summed E-state index contributed by atoms with van der Waals surface area (Å²) < 4.78 is 15.0. The minimum absolute atomic E-state index is 0.186. The second kappa shape index (κ2) is 6.75. The van der Waals surface area contributed by atoms with E-state index in [1.54, 1.807) is 12.1 Å². The van der Waals surface area contributed by atoms with Crippen LogP contribution in [0.5, 0.6) is 0 Å². The number of nitrogens with zero attached hydrogens (tertiary/aromatic N) is 2. The highest BCUT2D eigenvalue weighted by Crippen LogP contribution is 2.28. The largest absolute Gasteiger partial charge is 0.344 e. The summed E-state index contributed by atoms with van der Waals surface area (Å²) in [7, 11) is 0. The first-order chi connectivity index (χ1) is 12.6. The van der Waals surface area contributed by atoms with Crippen molar-refractivity contribution in [3.63, 3.8) is 0 Å². The average Bonchev–Trinajstić information content (AvgIpc) is 3.25. The predicted molar refractivity (Wildman–Crippen MR) is 97.9 cm³/mol. The summed E-state index contributed by atoms with van der Waals surface area (Å²) in [5.41, 5.74) is 4.49. The lowest BCUT2D eigenvalue weighted by molar-refractivity contribution is 0.0933. The van der Waals surface area contributed by atoms with Gasteiger partial charge in [-0.15, -0.1) is 0 Å². The molecule has 26 heavy (non-hydrogen) atoms. The molecule has 4 nitrogen and oxygen atoms in total. The number of rotatable bonds is 4. The van der Waals surface area contributed by atoms with Gasteiger partial charge in [0.2, 0.25) is 0 Å². The van der Waals surface area contributed by atoms with Crippen molar-refractivity contribution in [2.24, 2.45) is 0 Å². The molecule has 1 N–H and O–H groups in total. The Morgan fingerprint density at radius 3 is 2.58 bits per heavy atom. The summed E-state index contributed by atoms with van der Waals surface area (Å²) in [4.78, 5) is 12.8. The number of hydrogen-bond donors (Lipinski definition) is 1. The molecule has 0 bridgehead atoms. The number of benzene rings is 2. The first-order valence-electron chi connectivity index (χ1n) is 8.86. The molecule has 1 aliphatic rings. The van der Waals surface area contributed by atoms with Crippen molar-refractivity contribution in [1.82, 2.24) is 15.1 Å². The molecule has 0 saturated carbocycles. The Morgan fingerprint density at radius 2 is 1.85 bits per heavy atom. The molecule has 0 radical (unpaired) electrons. The van der Waals surface area contributed by atoms with Gasteiger partial charge in [0.05, 0.1) is 11.7 Å². The summed E-state index contributed by atoms with van der Waals surface area (Å²) in [6.45, 7) is 1.89. The Bertz CT molecular complexity index is 932. The predicted octanol–water partition coefficient (Wildman–Crippen LogP) is 3.99. The third kappa shape index (κ3) is 3.01. The fraction of sp³-hybridized carbons (Fsp3) is 0.238. The monoisotopic (exact) mass is 349 g/mol. The maximum atomic E-state index is 13.1. The van der Waals surface area contributed by atoms with Gasteiger partial charge >= 0.3 is 0 Å². The van der Waals surface area contributed by atoms with Gasteiger partial charge in [0.25, 0.3) is 5.91 Å². The third-order valence-electron chi connectivity index (χ3n) is 4.86. The molecule has 0 saturated heterocycles. The summed E-state index contributed by atoms with van der Waals surface area (Å²) >= 11 is 0. The molecule has 3 aromatic rings. The Morgan fingerprint density at radius 1 is 1.12 bits per heavy atom. The van der Waals surface area contributed by atoms with Crippen molar-refractivity contribution >= 4 is 5.91 Å². The highest BCUT2D eigenvalue weighted by atomic mass is 19.1. The number of hydrogen-bond acceptors (Lipinski definition) is 2. The number of carbonyl (C=O) groups is 1. The van der Waals surface area contributed by atoms with Gasteiger partial charge in [-0.05, 0) is 56.0 Å². The third-order valence-corrected chi connectivity index (χ3v) is 4.86. The van der Waals surface area contributed by atoms with E-state index in [0.29, 0.717) is 5.69 Å². The maximum absolute atomic E-state index is 13.1. The Kier molecular flexibility index (Phi) is 4.29. The zero-order valence-corrected chi connectivity index (χ0v) is 14.6. The van der Waals surface area contributed by atoms with Crippen LogP contribution in [-0.2, 0) is 12.8 Å². The molecule has 132 valence electrons. The Hall–Kier alpha value is -2.95. The van der Waals surface area contributed by atoms with Crippen LogP contribution in [0, 0.1) is 5.82 Å². The molecule has 0 aliphatic heterocycles. The van der Waals surface area contributed by atoms with E-state index in [1.165, 1.54) is 12.1 Å². The van der Waals surface area contributed by atoms with Crippen LogP contribution in [0.15, 0.2) is 54.6 Å². The number of carbonyl (C=O) groups excluding carboxylic acids is 1. The van der Waals surface area contributed by atoms with Gasteiger partial charge in [0.1, 0.15) is 5.82 Å². The van der Waals surface area contributed by atoms with Gasteiger partial charge in [0, 0.05) is 11.3 Å². The van der Waals surface area contributed by atoms with E-state index in [-0.39, 0.29) is 17.8 Å². The molecule has 2 aromatic carbocycles. The summed E-state index contributed by atoms with van der Waals surface area (Å²) in [5, 5.41) is 7.60. The van der Waals surface area contributed by atoms with Crippen molar-refractivity contribution in [3.8, 4) is 5.69 Å². The fourth-order valence-electron chi connectivity index (χ4n) is 3.50. The zero-order chi connectivity index (χ0) is 18.1. The molecular formula is C21H20FN3O. The van der Waals surface area contributed by atoms with Crippen LogP contribution in [-0.4, -0.2) is 15.7 Å².